The molecule has 0 atom stereocenters. The second-order valence-electron chi connectivity index (χ2n) is 4.80. The normalized spacial score (nSPS) is 11.1. The van der Waals surface area contributed by atoms with E-state index in [0.717, 1.165) is 16.5 Å². The molecule has 0 aliphatic heterocycles. The number of aromatic hydroxyl groups is 3. The molecule has 0 aliphatic rings. The first kappa shape index (κ1) is 13.8. The maximum Gasteiger partial charge on any atom is 0.200 e. The van der Waals surface area contributed by atoms with Crippen molar-refractivity contribution in [3.05, 3.63) is 60.2 Å². The van der Waals surface area contributed by atoms with Gasteiger partial charge in [-0.15, -0.1) is 0 Å². The van der Waals surface area contributed by atoms with Gasteiger partial charge in [-0.2, -0.15) is 5.10 Å². The zero-order valence-electron chi connectivity index (χ0n) is 11.6. The number of nitrogens with one attached hydrogen (secondary N) is 1. The Labute approximate surface area is 126 Å². The van der Waals surface area contributed by atoms with Gasteiger partial charge < -0.3 is 15.3 Å². The molecule has 0 saturated carbocycles. The molecule has 22 heavy (non-hydrogen) atoms. The van der Waals surface area contributed by atoms with Crippen molar-refractivity contribution >= 4 is 22.7 Å². The summed E-state index contributed by atoms with van der Waals surface area (Å²) in [4.78, 5) is 0. The van der Waals surface area contributed by atoms with Gasteiger partial charge in [0, 0.05) is 5.56 Å². The molecular weight excluding hydrogens is 280 g/mol. The number of hydrazone groups is 1. The second kappa shape index (κ2) is 5.65. The van der Waals surface area contributed by atoms with Crippen molar-refractivity contribution < 1.29 is 15.3 Å². The van der Waals surface area contributed by atoms with E-state index in [2.05, 4.69) is 10.5 Å². The summed E-state index contributed by atoms with van der Waals surface area (Å²) in [5, 5.41) is 34.6. The lowest BCUT2D eigenvalue weighted by atomic mass is 10.1. The number of nitrogens with zero attached hydrogens (tertiary/aromatic N) is 1. The van der Waals surface area contributed by atoms with Gasteiger partial charge in [-0.25, -0.2) is 0 Å². The fourth-order valence-electron chi connectivity index (χ4n) is 2.12. The Kier molecular flexibility index (Phi) is 3.53. The Morgan fingerprint density at radius 1 is 0.818 bits per heavy atom. The van der Waals surface area contributed by atoms with Gasteiger partial charge in [0.2, 0.25) is 5.75 Å². The zero-order valence-corrected chi connectivity index (χ0v) is 11.6. The fourth-order valence-corrected chi connectivity index (χ4v) is 2.12. The molecule has 0 aliphatic carbocycles. The fraction of sp³-hybridized carbons (Fsp3) is 0. The highest BCUT2D eigenvalue weighted by Crippen LogP contribution is 2.36. The van der Waals surface area contributed by atoms with Crippen LogP contribution in [-0.4, -0.2) is 21.5 Å². The highest BCUT2D eigenvalue weighted by Gasteiger charge is 2.08. The minimum absolute atomic E-state index is 0.295. The Hall–Kier alpha value is -3.21. The number of anilines is 1. The molecule has 0 unspecified atom stereocenters. The van der Waals surface area contributed by atoms with Crippen LogP contribution in [0.2, 0.25) is 0 Å². The van der Waals surface area contributed by atoms with Crippen LogP contribution < -0.4 is 5.43 Å². The molecule has 0 bridgehead atoms. The first-order chi connectivity index (χ1) is 10.6. The lowest BCUT2D eigenvalue weighted by Crippen LogP contribution is -1.91. The third-order valence-electron chi connectivity index (χ3n) is 3.31. The van der Waals surface area contributed by atoms with E-state index in [4.69, 9.17) is 0 Å². The molecule has 0 radical (unpaired) electrons. The van der Waals surface area contributed by atoms with Crippen molar-refractivity contribution in [1.29, 1.82) is 0 Å². The largest absolute Gasteiger partial charge is 0.504 e. The molecule has 0 fully saturated rings. The van der Waals surface area contributed by atoms with E-state index in [-0.39, 0.29) is 5.75 Å². The molecule has 0 saturated heterocycles. The average molecular weight is 294 g/mol. The third-order valence-corrected chi connectivity index (χ3v) is 3.31. The molecule has 0 aromatic heterocycles. The summed E-state index contributed by atoms with van der Waals surface area (Å²) in [6.07, 6.45) is 1.36. The summed E-state index contributed by atoms with van der Waals surface area (Å²) < 4.78 is 0. The molecule has 0 amide bonds. The van der Waals surface area contributed by atoms with Crippen LogP contribution in [0.3, 0.4) is 0 Å². The molecule has 4 N–H and O–H groups in total. The number of hydrogen-bond acceptors (Lipinski definition) is 5. The van der Waals surface area contributed by atoms with Gasteiger partial charge in [-0.3, -0.25) is 5.43 Å². The van der Waals surface area contributed by atoms with Crippen LogP contribution >= 0.6 is 0 Å². The van der Waals surface area contributed by atoms with Crippen LogP contribution in [0.4, 0.5) is 5.69 Å². The second-order valence-corrected chi connectivity index (χ2v) is 4.80. The first-order valence-corrected chi connectivity index (χ1v) is 6.67. The molecule has 3 aromatic carbocycles. The summed E-state index contributed by atoms with van der Waals surface area (Å²) in [5.41, 5.74) is 3.96. The molecule has 5 nitrogen and oxygen atoms in total. The molecule has 3 aromatic rings. The molecule has 0 spiro atoms. The Balaban J connectivity index is 1.80. The average Bonchev–Trinajstić information content (AvgIpc) is 2.55. The van der Waals surface area contributed by atoms with E-state index in [1.54, 1.807) is 0 Å². The molecule has 110 valence electrons. The minimum atomic E-state index is -0.561. The lowest BCUT2D eigenvalue weighted by molar-refractivity contribution is 0.367. The quantitative estimate of drug-likeness (QED) is 0.339. The summed E-state index contributed by atoms with van der Waals surface area (Å²) in [7, 11) is 0. The van der Waals surface area contributed by atoms with Gasteiger partial charge in [0.15, 0.2) is 11.5 Å². The van der Waals surface area contributed by atoms with Crippen LogP contribution in [0.25, 0.3) is 10.8 Å². The van der Waals surface area contributed by atoms with Gasteiger partial charge in [0.1, 0.15) is 0 Å². The van der Waals surface area contributed by atoms with Crippen LogP contribution in [0, 0.1) is 0 Å². The van der Waals surface area contributed by atoms with E-state index in [9.17, 15) is 15.3 Å². The zero-order chi connectivity index (χ0) is 15.5. The van der Waals surface area contributed by atoms with Crippen LogP contribution in [0.15, 0.2) is 59.7 Å². The predicted molar refractivity (Wildman–Crippen MR) is 86.6 cm³/mol. The summed E-state index contributed by atoms with van der Waals surface area (Å²) in [6, 6.07) is 16.6. The minimum Gasteiger partial charge on any atom is -0.504 e. The molecular formula is C17H14N2O3. The van der Waals surface area contributed by atoms with Crippen molar-refractivity contribution in [2.75, 3.05) is 5.43 Å². The maximum atomic E-state index is 9.69. The third kappa shape index (κ3) is 2.64. The van der Waals surface area contributed by atoms with E-state index in [1.165, 1.54) is 18.3 Å². The van der Waals surface area contributed by atoms with Crippen molar-refractivity contribution in [3.8, 4) is 17.2 Å². The first-order valence-electron chi connectivity index (χ1n) is 6.67. The number of benzene rings is 3. The monoisotopic (exact) mass is 294 g/mol. The maximum absolute atomic E-state index is 9.69. The SMILES string of the molecule is Oc1ccc(/C=N/Nc2ccc3ccccc3c2)c(O)c1O. The summed E-state index contributed by atoms with van der Waals surface area (Å²) in [5.74, 6) is -1.35. The van der Waals surface area contributed by atoms with Gasteiger partial charge in [0.05, 0.1) is 11.9 Å². The van der Waals surface area contributed by atoms with Crippen molar-refractivity contribution in [2.45, 2.75) is 0 Å². The Morgan fingerprint density at radius 2 is 1.59 bits per heavy atom. The van der Waals surface area contributed by atoms with Crippen molar-refractivity contribution in [1.82, 2.24) is 0 Å². The van der Waals surface area contributed by atoms with Crippen molar-refractivity contribution in [3.63, 3.8) is 0 Å². The van der Waals surface area contributed by atoms with E-state index in [1.807, 2.05) is 42.5 Å². The van der Waals surface area contributed by atoms with Crippen LogP contribution in [0.1, 0.15) is 5.56 Å². The molecule has 0 heterocycles. The van der Waals surface area contributed by atoms with Gasteiger partial charge in [0.25, 0.3) is 0 Å². The topological polar surface area (TPSA) is 85.1 Å². The lowest BCUT2D eigenvalue weighted by Gasteiger charge is -2.04. The summed E-state index contributed by atoms with van der Waals surface area (Å²) in [6.45, 7) is 0. The standard InChI is InChI=1S/C17H14N2O3/c20-15-8-6-13(16(21)17(15)22)10-18-19-14-7-5-11-3-1-2-4-12(11)9-14/h1-10,19-22H/b18-10+. The Bertz CT molecular complexity index is 860. The van der Waals surface area contributed by atoms with Crippen LogP contribution in [-0.2, 0) is 0 Å². The van der Waals surface area contributed by atoms with Crippen molar-refractivity contribution in [2.24, 2.45) is 5.10 Å². The van der Waals surface area contributed by atoms with E-state index in [0.29, 0.717) is 5.56 Å². The van der Waals surface area contributed by atoms with Gasteiger partial charge in [-0.1, -0.05) is 30.3 Å². The molecule has 5 heteroatoms. The molecule has 3 rings (SSSR count). The van der Waals surface area contributed by atoms with E-state index >= 15 is 0 Å². The number of phenolic OH excluding ortho intramolecular Hbond substituents is 3. The predicted octanol–water partition coefficient (Wildman–Crippen LogP) is 3.40. The smallest absolute Gasteiger partial charge is 0.200 e. The van der Waals surface area contributed by atoms with Gasteiger partial charge >= 0.3 is 0 Å². The Morgan fingerprint density at radius 3 is 2.41 bits per heavy atom. The van der Waals surface area contributed by atoms with E-state index < -0.39 is 11.5 Å². The highest BCUT2D eigenvalue weighted by molar-refractivity contribution is 5.87. The summed E-state index contributed by atoms with van der Waals surface area (Å²) >= 11 is 0. The highest BCUT2D eigenvalue weighted by atomic mass is 16.3. The number of rotatable bonds is 3. The number of fused-ring (bicyclic) bond motifs is 1. The number of phenols is 3. The number of hydrogen-bond donors (Lipinski definition) is 4. The van der Waals surface area contributed by atoms with Gasteiger partial charge in [-0.05, 0) is 35.0 Å². The van der Waals surface area contributed by atoms with Crippen LogP contribution in [0.5, 0.6) is 17.2 Å².